The number of ether oxygens (including phenoxy) is 1. The average Bonchev–Trinajstić information content (AvgIpc) is 2.82. The zero-order valence-corrected chi connectivity index (χ0v) is 10.8. The molecular weight excluding hydrogens is 251 g/mol. The third kappa shape index (κ3) is 3.17. The molecule has 1 aromatic heterocycles. The van der Waals surface area contributed by atoms with E-state index in [2.05, 4.69) is 0 Å². The molecule has 0 saturated carbocycles. The minimum atomic E-state index is -0.398. The molecule has 0 aliphatic heterocycles. The number of carbonyl (C=O) groups excluding carboxylic acids is 1. The number of ketones is 1. The van der Waals surface area contributed by atoms with E-state index in [9.17, 15) is 9.18 Å². The number of hydrogen-bond acceptors (Lipinski definition) is 3. The lowest BCUT2D eigenvalue weighted by atomic mass is 10.1. The lowest BCUT2D eigenvalue weighted by Gasteiger charge is -2.09. The quantitative estimate of drug-likeness (QED) is 0.769. The molecule has 0 radical (unpaired) electrons. The minimum Gasteiger partial charge on any atom is -0.492 e. The zero-order valence-electron chi connectivity index (χ0n) is 9.98. The van der Waals surface area contributed by atoms with Gasteiger partial charge in [-0.2, -0.15) is 11.3 Å². The first-order chi connectivity index (χ1) is 8.66. The van der Waals surface area contributed by atoms with Gasteiger partial charge in [0.25, 0.3) is 0 Å². The van der Waals surface area contributed by atoms with E-state index in [0.717, 1.165) is 6.42 Å². The summed E-state index contributed by atoms with van der Waals surface area (Å²) in [7, 11) is 0. The fourth-order valence-electron chi connectivity index (χ4n) is 1.62. The summed E-state index contributed by atoms with van der Waals surface area (Å²) in [6.45, 7) is 1.87. The second-order valence-electron chi connectivity index (χ2n) is 3.93. The van der Waals surface area contributed by atoms with Crippen LogP contribution in [0.1, 0.15) is 22.8 Å². The van der Waals surface area contributed by atoms with Crippen molar-refractivity contribution in [2.75, 3.05) is 6.61 Å². The van der Waals surface area contributed by atoms with Gasteiger partial charge in [0.05, 0.1) is 12.2 Å². The van der Waals surface area contributed by atoms with Gasteiger partial charge in [0.1, 0.15) is 11.6 Å². The van der Waals surface area contributed by atoms with Gasteiger partial charge in [-0.05, 0) is 41.4 Å². The molecule has 4 heteroatoms. The highest BCUT2D eigenvalue weighted by atomic mass is 32.1. The van der Waals surface area contributed by atoms with Crippen molar-refractivity contribution in [3.63, 3.8) is 0 Å². The van der Waals surface area contributed by atoms with Crippen molar-refractivity contribution in [1.82, 2.24) is 0 Å². The normalized spacial score (nSPS) is 10.3. The Hall–Kier alpha value is -1.68. The molecule has 0 unspecified atom stereocenters. The molecule has 0 bridgehead atoms. The molecule has 0 aliphatic rings. The summed E-state index contributed by atoms with van der Waals surface area (Å²) >= 11 is 1.63. The third-order valence-corrected chi connectivity index (χ3v) is 3.28. The standard InChI is InChI=1S/C14H13FO2S/c1-10(16)13-3-2-12(15)8-14(13)17-6-4-11-5-7-18-9-11/h2-3,5,7-9H,4,6H2,1H3. The molecule has 18 heavy (non-hydrogen) atoms. The van der Waals surface area contributed by atoms with Crippen molar-refractivity contribution in [3.05, 3.63) is 52.0 Å². The van der Waals surface area contributed by atoms with Gasteiger partial charge in [-0.15, -0.1) is 0 Å². The molecule has 0 amide bonds. The molecule has 0 spiro atoms. The van der Waals surface area contributed by atoms with Crippen LogP contribution in [-0.2, 0) is 6.42 Å². The minimum absolute atomic E-state index is 0.125. The van der Waals surface area contributed by atoms with Gasteiger partial charge in [0.15, 0.2) is 5.78 Å². The van der Waals surface area contributed by atoms with Gasteiger partial charge in [0, 0.05) is 12.5 Å². The Kier molecular flexibility index (Phi) is 4.10. The molecular formula is C14H13FO2S. The maximum absolute atomic E-state index is 13.1. The lowest BCUT2D eigenvalue weighted by Crippen LogP contribution is -2.05. The molecule has 0 atom stereocenters. The SMILES string of the molecule is CC(=O)c1ccc(F)cc1OCCc1ccsc1. The summed E-state index contributed by atoms with van der Waals surface area (Å²) < 4.78 is 18.6. The fourth-order valence-corrected chi connectivity index (χ4v) is 2.32. The average molecular weight is 264 g/mol. The van der Waals surface area contributed by atoms with Crippen molar-refractivity contribution in [2.45, 2.75) is 13.3 Å². The van der Waals surface area contributed by atoms with Gasteiger partial charge >= 0.3 is 0 Å². The van der Waals surface area contributed by atoms with E-state index in [1.807, 2.05) is 16.8 Å². The van der Waals surface area contributed by atoms with Crippen LogP contribution in [0.15, 0.2) is 35.0 Å². The van der Waals surface area contributed by atoms with Crippen LogP contribution in [0.3, 0.4) is 0 Å². The fraction of sp³-hybridized carbons (Fsp3) is 0.214. The van der Waals surface area contributed by atoms with Gasteiger partial charge in [0.2, 0.25) is 0 Å². The molecule has 2 rings (SSSR count). The molecule has 0 fully saturated rings. The Labute approximate surface area is 109 Å². The van der Waals surface area contributed by atoms with Gasteiger partial charge in [-0.25, -0.2) is 4.39 Å². The Bertz CT molecular complexity index is 535. The van der Waals surface area contributed by atoms with Gasteiger partial charge in [-0.1, -0.05) is 0 Å². The number of carbonyl (C=O) groups is 1. The molecule has 0 saturated heterocycles. The summed E-state index contributed by atoms with van der Waals surface area (Å²) in [5, 5.41) is 4.04. The first kappa shape index (κ1) is 12.8. The first-order valence-electron chi connectivity index (χ1n) is 5.61. The summed E-state index contributed by atoms with van der Waals surface area (Å²) in [5.41, 5.74) is 1.60. The van der Waals surface area contributed by atoms with Crippen molar-refractivity contribution >= 4 is 17.1 Å². The number of rotatable bonds is 5. The Morgan fingerprint density at radius 2 is 2.22 bits per heavy atom. The van der Waals surface area contributed by atoms with Crippen molar-refractivity contribution < 1.29 is 13.9 Å². The molecule has 2 aromatic rings. The summed E-state index contributed by atoms with van der Waals surface area (Å²) in [4.78, 5) is 11.4. The zero-order chi connectivity index (χ0) is 13.0. The first-order valence-corrected chi connectivity index (χ1v) is 6.55. The van der Waals surface area contributed by atoms with Crippen LogP contribution < -0.4 is 4.74 Å². The van der Waals surface area contributed by atoms with Crippen LogP contribution in [0.25, 0.3) is 0 Å². The monoisotopic (exact) mass is 264 g/mol. The highest BCUT2D eigenvalue weighted by molar-refractivity contribution is 7.07. The van der Waals surface area contributed by atoms with Crippen LogP contribution in [0, 0.1) is 5.82 Å². The Morgan fingerprint density at radius 1 is 1.39 bits per heavy atom. The van der Waals surface area contributed by atoms with Gasteiger partial charge in [-0.3, -0.25) is 4.79 Å². The number of Topliss-reactive ketones (excluding diaryl/α,β-unsaturated/α-hetero) is 1. The van der Waals surface area contributed by atoms with Crippen molar-refractivity contribution in [1.29, 1.82) is 0 Å². The highest BCUT2D eigenvalue weighted by Gasteiger charge is 2.09. The van der Waals surface area contributed by atoms with Crippen LogP contribution >= 0.6 is 11.3 Å². The predicted octanol–water partition coefficient (Wildman–Crippen LogP) is 3.71. The predicted molar refractivity (Wildman–Crippen MR) is 69.9 cm³/mol. The molecule has 1 aromatic carbocycles. The lowest BCUT2D eigenvalue weighted by molar-refractivity contribution is 0.101. The topological polar surface area (TPSA) is 26.3 Å². The van der Waals surface area contributed by atoms with E-state index in [-0.39, 0.29) is 5.78 Å². The van der Waals surface area contributed by atoms with Crippen LogP contribution in [0.4, 0.5) is 4.39 Å². The van der Waals surface area contributed by atoms with E-state index < -0.39 is 5.82 Å². The van der Waals surface area contributed by atoms with E-state index in [1.165, 1.54) is 30.7 Å². The highest BCUT2D eigenvalue weighted by Crippen LogP contribution is 2.21. The van der Waals surface area contributed by atoms with Crippen molar-refractivity contribution in [2.24, 2.45) is 0 Å². The number of benzene rings is 1. The van der Waals surface area contributed by atoms with Gasteiger partial charge < -0.3 is 4.74 Å². The summed E-state index contributed by atoms with van der Waals surface area (Å²) in [6.07, 6.45) is 0.747. The van der Waals surface area contributed by atoms with Crippen molar-refractivity contribution in [3.8, 4) is 5.75 Å². The molecule has 0 N–H and O–H groups in total. The number of hydrogen-bond donors (Lipinski definition) is 0. The summed E-state index contributed by atoms with van der Waals surface area (Å²) in [5.74, 6) is -0.205. The molecule has 2 nitrogen and oxygen atoms in total. The number of thiophene rings is 1. The number of halogens is 1. The maximum Gasteiger partial charge on any atom is 0.163 e. The molecule has 0 aliphatic carbocycles. The van der Waals surface area contributed by atoms with Crippen LogP contribution in [0.5, 0.6) is 5.75 Å². The smallest absolute Gasteiger partial charge is 0.163 e. The second-order valence-corrected chi connectivity index (χ2v) is 4.71. The van der Waals surface area contributed by atoms with Crippen LogP contribution in [-0.4, -0.2) is 12.4 Å². The maximum atomic E-state index is 13.1. The largest absolute Gasteiger partial charge is 0.492 e. The summed E-state index contributed by atoms with van der Waals surface area (Å²) in [6, 6.07) is 6.00. The second kappa shape index (κ2) is 5.78. The Morgan fingerprint density at radius 3 is 2.89 bits per heavy atom. The van der Waals surface area contributed by atoms with E-state index in [0.29, 0.717) is 17.9 Å². The Balaban J connectivity index is 2.03. The van der Waals surface area contributed by atoms with Crippen LogP contribution in [0.2, 0.25) is 0 Å². The van der Waals surface area contributed by atoms with E-state index >= 15 is 0 Å². The van der Waals surface area contributed by atoms with E-state index in [4.69, 9.17) is 4.74 Å². The molecule has 1 heterocycles. The molecule has 94 valence electrons. The third-order valence-electron chi connectivity index (χ3n) is 2.55. The van der Waals surface area contributed by atoms with E-state index in [1.54, 1.807) is 11.3 Å².